The second kappa shape index (κ2) is 5.87. The van der Waals surface area contributed by atoms with Crippen LogP contribution in [-0.2, 0) is 4.74 Å². The lowest BCUT2D eigenvalue weighted by molar-refractivity contribution is 0.125. The van der Waals surface area contributed by atoms with Crippen LogP contribution in [0, 0.1) is 5.92 Å². The Labute approximate surface area is 121 Å². The van der Waals surface area contributed by atoms with Crippen molar-refractivity contribution in [1.82, 2.24) is 4.98 Å². The highest BCUT2D eigenvalue weighted by Gasteiger charge is 2.24. The summed E-state index contributed by atoms with van der Waals surface area (Å²) in [5, 5.41) is 0. The highest BCUT2D eigenvalue weighted by molar-refractivity contribution is 5.55. The SMILES string of the molecule is COCC1CCN(c2ccc(N)c(OC(C)(C)C)n2)C1. The average Bonchev–Trinajstić information content (AvgIpc) is 2.79. The van der Waals surface area contributed by atoms with Crippen molar-refractivity contribution in [2.75, 3.05) is 37.4 Å². The second-order valence-electron chi connectivity index (χ2n) is 6.33. The summed E-state index contributed by atoms with van der Waals surface area (Å²) in [4.78, 5) is 6.83. The minimum absolute atomic E-state index is 0.302. The Balaban J connectivity index is 2.12. The molecule has 0 bridgehead atoms. The van der Waals surface area contributed by atoms with Gasteiger partial charge in [0.25, 0.3) is 0 Å². The Hall–Kier alpha value is -1.49. The quantitative estimate of drug-likeness (QED) is 0.916. The van der Waals surface area contributed by atoms with Gasteiger partial charge in [0.1, 0.15) is 11.4 Å². The number of ether oxygens (including phenoxy) is 2. The fourth-order valence-corrected chi connectivity index (χ4v) is 2.40. The number of aromatic nitrogens is 1. The van der Waals surface area contributed by atoms with Gasteiger partial charge < -0.3 is 20.1 Å². The van der Waals surface area contributed by atoms with Gasteiger partial charge in [-0.1, -0.05) is 0 Å². The van der Waals surface area contributed by atoms with Gasteiger partial charge in [0, 0.05) is 26.1 Å². The van der Waals surface area contributed by atoms with Crippen LogP contribution in [0.3, 0.4) is 0 Å². The zero-order chi connectivity index (χ0) is 14.8. The summed E-state index contributed by atoms with van der Waals surface area (Å²) < 4.78 is 11.0. The van der Waals surface area contributed by atoms with Gasteiger partial charge in [0.15, 0.2) is 0 Å². The normalized spacial score (nSPS) is 19.4. The van der Waals surface area contributed by atoms with Gasteiger partial charge in [-0.15, -0.1) is 0 Å². The minimum Gasteiger partial charge on any atom is -0.470 e. The van der Waals surface area contributed by atoms with Gasteiger partial charge in [-0.25, -0.2) is 0 Å². The van der Waals surface area contributed by atoms with Crippen LogP contribution >= 0.6 is 0 Å². The smallest absolute Gasteiger partial charge is 0.239 e. The van der Waals surface area contributed by atoms with E-state index >= 15 is 0 Å². The number of nitrogen functional groups attached to an aromatic ring is 1. The standard InChI is InChI=1S/C15H25N3O2/c1-15(2,3)20-14-12(16)5-6-13(17-14)18-8-7-11(9-18)10-19-4/h5-6,11H,7-10,16H2,1-4H3. The fraction of sp³-hybridized carbons (Fsp3) is 0.667. The number of rotatable bonds is 4. The summed E-state index contributed by atoms with van der Waals surface area (Å²) in [5.74, 6) is 2.02. The van der Waals surface area contributed by atoms with Crippen molar-refractivity contribution in [3.63, 3.8) is 0 Å². The zero-order valence-corrected chi connectivity index (χ0v) is 12.8. The molecule has 1 aliphatic rings. The van der Waals surface area contributed by atoms with E-state index in [0.29, 0.717) is 17.5 Å². The Morgan fingerprint density at radius 3 is 2.80 bits per heavy atom. The van der Waals surface area contributed by atoms with Gasteiger partial charge in [-0.2, -0.15) is 4.98 Å². The summed E-state index contributed by atoms with van der Waals surface area (Å²) in [6.45, 7) is 8.75. The lowest BCUT2D eigenvalue weighted by atomic mass is 10.1. The molecule has 0 amide bonds. The molecule has 5 nitrogen and oxygen atoms in total. The number of hydrogen-bond acceptors (Lipinski definition) is 5. The summed E-state index contributed by atoms with van der Waals surface area (Å²) in [6.07, 6.45) is 1.13. The van der Waals surface area contributed by atoms with Crippen molar-refractivity contribution in [2.24, 2.45) is 5.92 Å². The van der Waals surface area contributed by atoms with E-state index < -0.39 is 0 Å². The fourth-order valence-electron chi connectivity index (χ4n) is 2.40. The number of anilines is 2. The maximum absolute atomic E-state index is 5.94. The molecule has 0 aliphatic carbocycles. The summed E-state index contributed by atoms with van der Waals surface area (Å²) in [6, 6.07) is 3.83. The molecule has 2 rings (SSSR count). The van der Waals surface area contributed by atoms with Crippen LogP contribution in [0.25, 0.3) is 0 Å². The summed E-state index contributed by atoms with van der Waals surface area (Å²) in [5.41, 5.74) is 6.22. The maximum atomic E-state index is 5.94. The molecule has 112 valence electrons. The van der Waals surface area contributed by atoms with Crippen LogP contribution in [0.2, 0.25) is 0 Å². The molecular formula is C15H25N3O2. The van der Waals surface area contributed by atoms with E-state index in [4.69, 9.17) is 15.2 Å². The molecule has 1 atom stereocenters. The highest BCUT2D eigenvalue weighted by atomic mass is 16.5. The highest BCUT2D eigenvalue weighted by Crippen LogP contribution is 2.29. The largest absolute Gasteiger partial charge is 0.470 e. The predicted molar refractivity (Wildman–Crippen MR) is 81.2 cm³/mol. The van der Waals surface area contributed by atoms with Crippen LogP contribution < -0.4 is 15.4 Å². The monoisotopic (exact) mass is 279 g/mol. The molecule has 1 aromatic heterocycles. The molecule has 1 unspecified atom stereocenters. The number of methoxy groups -OCH3 is 1. The molecule has 2 N–H and O–H groups in total. The zero-order valence-electron chi connectivity index (χ0n) is 12.8. The average molecular weight is 279 g/mol. The van der Waals surface area contributed by atoms with Crippen molar-refractivity contribution in [3.05, 3.63) is 12.1 Å². The van der Waals surface area contributed by atoms with Gasteiger partial charge >= 0.3 is 0 Å². The van der Waals surface area contributed by atoms with E-state index in [-0.39, 0.29) is 5.60 Å². The van der Waals surface area contributed by atoms with Gasteiger partial charge in [-0.05, 0) is 39.3 Å². The lowest BCUT2D eigenvalue weighted by Crippen LogP contribution is -2.26. The number of nitrogens with two attached hydrogens (primary N) is 1. The first-order chi connectivity index (χ1) is 9.39. The Morgan fingerprint density at radius 2 is 2.15 bits per heavy atom. The molecule has 0 saturated carbocycles. The molecule has 20 heavy (non-hydrogen) atoms. The summed E-state index contributed by atoms with van der Waals surface area (Å²) in [7, 11) is 1.75. The first-order valence-electron chi connectivity index (χ1n) is 7.08. The summed E-state index contributed by atoms with van der Waals surface area (Å²) >= 11 is 0. The first-order valence-corrected chi connectivity index (χ1v) is 7.08. The van der Waals surface area contributed by atoms with Crippen LogP contribution in [-0.4, -0.2) is 37.4 Å². The van der Waals surface area contributed by atoms with Crippen LogP contribution in [0.1, 0.15) is 27.2 Å². The Kier molecular flexibility index (Phi) is 4.38. The molecule has 1 saturated heterocycles. The molecule has 0 spiro atoms. The Morgan fingerprint density at radius 1 is 1.40 bits per heavy atom. The van der Waals surface area contributed by atoms with Gasteiger partial charge in [0.2, 0.25) is 5.88 Å². The van der Waals surface area contributed by atoms with E-state index in [1.807, 2.05) is 32.9 Å². The second-order valence-corrected chi connectivity index (χ2v) is 6.33. The molecule has 1 aliphatic heterocycles. The van der Waals surface area contributed by atoms with E-state index in [9.17, 15) is 0 Å². The van der Waals surface area contributed by atoms with Crippen molar-refractivity contribution >= 4 is 11.5 Å². The third kappa shape index (κ3) is 3.76. The number of nitrogens with zero attached hydrogens (tertiary/aromatic N) is 2. The van der Waals surface area contributed by atoms with Crippen LogP contribution in [0.15, 0.2) is 12.1 Å². The molecule has 2 heterocycles. The molecule has 5 heteroatoms. The topological polar surface area (TPSA) is 60.6 Å². The van der Waals surface area contributed by atoms with Crippen LogP contribution in [0.4, 0.5) is 11.5 Å². The van der Waals surface area contributed by atoms with Crippen molar-refractivity contribution in [3.8, 4) is 5.88 Å². The van der Waals surface area contributed by atoms with E-state index in [2.05, 4.69) is 9.88 Å². The molecular weight excluding hydrogens is 254 g/mol. The van der Waals surface area contributed by atoms with E-state index in [1.54, 1.807) is 7.11 Å². The van der Waals surface area contributed by atoms with Crippen molar-refractivity contribution in [1.29, 1.82) is 0 Å². The molecule has 1 fully saturated rings. The van der Waals surface area contributed by atoms with Crippen molar-refractivity contribution < 1.29 is 9.47 Å². The van der Waals surface area contributed by atoms with E-state index in [0.717, 1.165) is 31.9 Å². The molecule has 1 aromatic rings. The molecule has 0 radical (unpaired) electrons. The number of hydrogen-bond donors (Lipinski definition) is 1. The van der Waals surface area contributed by atoms with Crippen LogP contribution in [0.5, 0.6) is 5.88 Å². The third-order valence-corrected chi connectivity index (χ3v) is 3.29. The lowest BCUT2D eigenvalue weighted by Gasteiger charge is -2.23. The third-order valence-electron chi connectivity index (χ3n) is 3.29. The van der Waals surface area contributed by atoms with E-state index in [1.165, 1.54) is 0 Å². The number of pyridine rings is 1. The predicted octanol–water partition coefficient (Wildman–Crippen LogP) is 2.31. The van der Waals surface area contributed by atoms with Gasteiger partial charge in [0.05, 0.1) is 12.3 Å². The Bertz CT molecular complexity index is 457. The van der Waals surface area contributed by atoms with Gasteiger partial charge in [-0.3, -0.25) is 0 Å². The van der Waals surface area contributed by atoms with Crippen molar-refractivity contribution in [2.45, 2.75) is 32.8 Å². The molecule has 0 aromatic carbocycles. The maximum Gasteiger partial charge on any atom is 0.239 e. The first kappa shape index (κ1) is 14.9. The minimum atomic E-state index is -0.302.